The molecule has 2 aromatic carbocycles. The Morgan fingerprint density at radius 2 is 1.72 bits per heavy atom. The average molecular weight is 522 g/mol. The van der Waals surface area contributed by atoms with Gasteiger partial charge in [-0.25, -0.2) is 4.98 Å². The van der Waals surface area contributed by atoms with E-state index in [0.717, 1.165) is 29.7 Å². The van der Waals surface area contributed by atoms with E-state index in [-0.39, 0.29) is 15.3 Å². The van der Waals surface area contributed by atoms with Crippen LogP contribution >= 0.6 is 22.7 Å². The van der Waals surface area contributed by atoms with Gasteiger partial charge in [0.1, 0.15) is 11.4 Å². The number of aromatic nitrogens is 1. The topological polar surface area (TPSA) is 94.4 Å². The quantitative estimate of drug-likeness (QED) is 0.177. The number of rotatable bonds is 9. The summed E-state index contributed by atoms with van der Waals surface area (Å²) in [5.41, 5.74) is 4.00. The average Bonchev–Trinajstić information content (AvgIpc) is 3.52. The number of nitrogens with zero attached hydrogens (tertiary/aromatic N) is 2. The number of ether oxygens (including phenoxy) is 1. The monoisotopic (exact) mass is 521 g/mol. The summed E-state index contributed by atoms with van der Waals surface area (Å²) in [5.74, 6) is 0.222. The summed E-state index contributed by atoms with van der Waals surface area (Å²) in [6.45, 7) is 8.68. The van der Waals surface area contributed by atoms with E-state index < -0.39 is 10.8 Å². The Kier molecular flexibility index (Phi) is 7.51. The molecule has 0 unspecified atom stereocenters. The van der Waals surface area contributed by atoms with Crippen LogP contribution in [0.3, 0.4) is 0 Å². The van der Waals surface area contributed by atoms with E-state index in [1.165, 1.54) is 34.6 Å². The number of thiophene rings is 1. The van der Waals surface area contributed by atoms with E-state index in [0.29, 0.717) is 21.6 Å². The summed E-state index contributed by atoms with van der Waals surface area (Å²) in [6, 6.07) is 18.9. The second kappa shape index (κ2) is 10.6. The molecule has 1 N–H and O–H groups in total. The van der Waals surface area contributed by atoms with E-state index in [1.54, 1.807) is 0 Å². The van der Waals surface area contributed by atoms with Gasteiger partial charge in [0.25, 0.3) is 5.91 Å². The van der Waals surface area contributed by atoms with Crippen LogP contribution in [0.2, 0.25) is 0 Å². The van der Waals surface area contributed by atoms with Crippen molar-refractivity contribution in [1.29, 1.82) is 0 Å². The van der Waals surface area contributed by atoms with E-state index in [9.17, 15) is 14.9 Å². The highest BCUT2D eigenvalue weighted by Gasteiger charge is 2.21. The Hall–Kier alpha value is -3.56. The van der Waals surface area contributed by atoms with Gasteiger partial charge < -0.3 is 4.74 Å². The third kappa shape index (κ3) is 5.63. The van der Waals surface area contributed by atoms with Gasteiger partial charge in [0, 0.05) is 11.6 Å². The molecule has 0 saturated carbocycles. The van der Waals surface area contributed by atoms with E-state index in [2.05, 4.69) is 50.1 Å². The molecule has 0 aliphatic heterocycles. The Bertz CT molecular complexity index is 1370. The highest BCUT2D eigenvalue weighted by molar-refractivity contribution is 7.19. The maximum Gasteiger partial charge on any atom is 0.324 e. The summed E-state index contributed by atoms with van der Waals surface area (Å²) in [6.07, 6.45) is 1.95. The number of amides is 1. The fraction of sp³-hybridized carbons (Fsp3) is 0.259. The second-order valence-electron chi connectivity index (χ2n) is 8.92. The van der Waals surface area contributed by atoms with Crippen molar-refractivity contribution in [2.24, 2.45) is 0 Å². The maximum atomic E-state index is 12.7. The molecule has 7 nitrogen and oxygen atoms in total. The number of nitrogens with one attached hydrogen (secondary N) is 1. The molecule has 36 heavy (non-hydrogen) atoms. The molecular weight excluding hydrogens is 494 g/mol. The zero-order chi connectivity index (χ0) is 25.9. The Balaban J connectivity index is 1.63. The summed E-state index contributed by atoms with van der Waals surface area (Å²) < 4.78 is 6.24. The second-order valence-corrected chi connectivity index (χ2v) is 10.9. The molecule has 186 valence electrons. The number of hydrogen-bond acceptors (Lipinski definition) is 7. The Morgan fingerprint density at radius 3 is 2.31 bits per heavy atom. The third-order valence-electron chi connectivity index (χ3n) is 6.18. The van der Waals surface area contributed by atoms with Crippen molar-refractivity contribution in [2.75, 3.05) is 5.32 Å². The molecule has 0 aliphatic rings. The number of benzene rings is 2. The van der Waals surface area contributed by atoms with Gasteiger partial charge in [-0.2, -0.15) is 0 Å². The standard InChI is InChI=1S/C27H27N3O4S2/c1-5-17-7-9-18(10-8-17)23-25(34-20-13-11-19(12-14-20)27(3,4)6-2)36-26(28-23)29-24(31)21-15-16-22(35-21)30(32)33/h7-16H,5-6H2,1-4H3,(H,28,29,31). The molecule has 9 heteroatoms. The molecule has 0 saturated heterocycles. The van der Waals surface area contributed by atoms with Crippen LogP contribution in [0.15, 0.2) is 60.7 Å². The molecule has 0 fully saturated rings. The summed E-state index contributed by atoms with van der Waals surface area (Å²) in [5, 5.41) is 14.5. The lowest BCUT2D eigenvalue weighted by Crippen LogP contribution is -2.14. The first-order chi connectivity index (χ1) is 17.2. The van der Waals surface area contributed by atoms with Gasteiger partial charge in [0.2, 0.25) is 5.06 Å². The van der Waals surface area contributed by atoms with Gasteiger partial charge in [0.15, 0.2) is 5.13 Å². The number of aryl methyl sites for hydroxylation is 1. The van der Waals surface area contributed by atoms with Crippen molar-refractivity contribution in [3.05, 3.63) is 86.8 Å². The number of nitro groups is 1. The lowest BCUT2D eigenvalue weighted by Gasteiger charge is -2.23. The first-order valence-electron chi connectivity index (χ1n) is 11.6. The summed E-state index contributed by atoms with van der Waals surface area (Å²) in [7, 11) is 0. The van der Waals surface area contributed by atoms with Gasteiger partial charge in [-0.15, -0.1) is 0 Å². The highest BCUT2D eigenvalue weighted by atomic mass is 32.1. The number of anilines is 1. The molecule has 0 atom stereocenters. The van der Waals surface area contributed by atoms with E-state index in [1.807, 2.05) is 36.4 Å². The number of thiazole rings is 1. The molecule has 0 spiro atoms. The van der Waals surface area contributed by atoms with Gasteiger partial charge in [-0.3, -0.25) is 20.2 Å². The minimum Gasteiger partial charge on any atom is -0.444 e. The fourth-order valence-electron chi connectivity index (χ4n) is 3.50. The Morgan fingerprint density at radius 1 is 1.03 bits per heavy atom. The normalized spacial score (nSPS) is 11.3. The van der Waals surface area contributed by atoms with Crippen molar-refractivity contribution >= 4 is 38.7 Å². The number of carbonyl (C=O) groups excluding carboxylic acids is 1. The SMILES string of the molecule is CCc1ccc(-c2nc(NC(=O)c3ccc([N+](=O)[O-])s3)sc2Oc2ccc(C(C)(C)CC)cc2)cc1. The van der Waals surface area contributed by atoms with Crippen LogP contribution in [0.4, 0.5) is 10.1 Å². The summed E-state index contributed by atoms with van der Waals surface area (Å²) >= 11 is 2.04. The Labute approximate surface area is 218 Å². The number of hydrogen-bond donors (Lipinski definition) is 1. The molecule has 4 aromatic rings. The lowest BCUT2D eigenvalue weighted by atomic mass is 9.82. The van der Waals surface area contributed by atoms with E-state index >= 15 is 0 Å². The van der Waals surface area contributed by atoms with Crippen molar-refractivity contribution in [3.8, 4) is 22.1 Å². The maximum absolute atomic E-state index is 12.7. The van der Waals surface area contributed by atoms with Gasteiger partial charge in [-0.05, 0) is 47.6 Å². The third-order valence-corrected chi connectivity index (χ3v) is 8.06. The van der Waals surface area contributed by atoms with Gasteiger partial charge in [-0.1, -0.05) is 86.8 Å². The van der Waals surface area contributed by atoms with E-state index in [4.69, 9.17) is 4.74 Å². The van der Waals surface area contributed by atoms with Crippen molar-refractivity contribution in [2.45, 2.75) is 46.0 Å². The first-order valence-corrected chi connectivity index (χ1v) is 13.3. The minimum atomic E-state index is -0.512. The predicted octanol–water partition coefficient (Wildman–Crippen LogP) is 8.07. The first kappa shape index (κ1) is 25.5. The molecule has 2 heterocycles. The molecule has 0 aliphatic carbocycles. The smallest absolute Gasteiger partial charge is 0.324 e. The predicted molar refractivity (Wildman–Crippen MR) is 146 cm³/mol. The highest BCUT2D eigenvalue weighted by Crippen LogP contribution is 2.41. The molecule has 1 amide bonds. The molecule has 0 radical (unpaired) electrons. The van der Waals surface area contributed by atoms with Crippen LogP contribution in [0, 0.1) is 10.1 Å². The molecular formula is C27H27N3O4S2. The largest absolute Gasteiger partial charge is 0.444 e. The van der Waals surface area contributed by atoms with Crippen LogP contribution in [-0.4, -0.2) is 15.8 Å². The fourth-order valence-corrected chi connectivity index (χ4v) is 5.07. The zero-order valence-electron chi connectivity index (χ0n) is 20.5. The van der Waals surface area contributed by atoms with Gasteiger partial charge >= 0.3 is 5.00 Å². The molecule has 4 rings (SSSR count). The van der Waals surface area contributed by atoms with Crippen LogP contribution < -0.4 is 10.1 Å². The summed E-state index contributed by atoms with van der Waals surface area (Å²) in [4.78, 5) is 28.0. The lowest BCUT2D eigenvalue weighted by molar-refractivity contribution is -0.380. The van der Waals surface area contributed by atoms with Crippen LogP contribution in [-0.2, 0) is 11.8 Å². The molecule has 0 bridgehead atoms. The minimum absolute atomic E-state index is 0.0729. The van der Waals surface area contributed by atoms with Crippen molar-refractivity contribution < 1.29 is 14.5 Å². The van der Waals surface area contributed by atoms with Crippen molar-refractivity contribution in [1.82, 2.24) is 4.98 Å². The molecule has 2 aromatic heterocycles. The van der Waals surface area contributed by atoms with Crippen LogP contribution in [0.5, 0.6) is 10.8 Å². The zero-order valence-corrected chi connectivity index (χ0v) is 22.2. The van der Waals surface area contributed by atoms with Crippen molar-refractivity contribution in [3.63, 3.8) is 0 Å². The van der Waals surface area contributed by atoms with Gasteiger partial charge in [0.05, 0.1) is 9.80 Å². The van der Waals surface area contributed by atoms with Crippen LogP contribution in [0.1, 0.15) is 54.9 Å². The number of carbonyl (C=O) groups is 1. The van der Waals surface area contributed by atoms with Crippen LogP contribution in [0.25, 0.3) is 11.3 Å².